The van der Waals surface area contributed by atoms with Gasteiger partial charge in [0.2, 0.25) is 0 Å². The van der Waals surface area contributed by atoms with E-state index in [-0.39, 0.29) is 12.0 Å². The standard InChI is InChI=1S/C30H36NO5/c32-28(22-15-18-34-21-22)36-30(23-9-3-1-4-10-23,24-11-5-2-6-12-24)29(33)35-27-19-25-13-14-26(20-27)31(25)16-7-8-17-31/h1-6,9-12,22,25-27H,7-8,13-21H2/q+1. The molecule has 2 bridgehead atoms. The molecule has 6 heteroatoms. The van der Waals surface area contributed by atoms with Crippen molar-refractivity contribution >= 4 is 11.9 Å². The molecule has 0 saturated carbocycles. The Morgan fingerprint density at radius 3 is 1.94 bits per heavy atom. The molecule has 0 radical (unpaired) electrons. The number of ether oxygens (including phenoxy) is 3. The third-order valence-corrected chi connectivity index (χ3v) is 9.19. The van der Waals surface area contributed by atoms with E-state index in [9.17, 15) is 9.59 Å². The molecule has 36 heavy (non-hydrogen) atoms. The van der Waals surface area contributed by atoms with Gasteiger partial charge in [-0.25, -0.2) is 4.79 Å². The fourth-order valence-electron chi connectivity index (χ4n) is 7.40. The van der Waals surface area contributed by atoms with Crippen LogP contribution < -0.4 is 0 Å². The molecule has 0 amide bonds. The lowest BCUT2D eigenvalue weighted by molar-refractivity contribution is -0.956. The van der Waals surface area contributed by atoms with Gasteiger partial charge in [-0.1, -0.05) is 60.7 Å². The molecule has 6 nitrogen and oxygen atoms in total. The van der Waals surface area contributed by atoms with Crippen molar-refractivity contribution in [2.24, 2.45) is 5.92 Å². The predicted molar refractivity (Wildman–Crippen MR) is 134 cm³/mol. The average molecular weight is 491 g/mol. The SMILES string of the molecule is O=C(OC(C(=O)OC1CC2CCC(C1)[N+]21CCCC1)(c1ccccc1)c1ccccc1)C1CCOC1. The van der Waals surface area contributed by atoms with Crippen LogP contribution in [0.25, 0.3) is 0 Å². The van der Waals surface area contributed by atoms with Gasteiger partial charge in [0.1, 0.15) is 6.10 Å². The first-order valence-electron chi connectivity index (χ1n) is 13.6. The molecule has 4 fully saturated rings. The van der Waals surface area contributed by atoms with E-state index in [1.807, 2.05) is 60.7 Å². The summed E-state index contributed by atoms with van der Waals surface area (Å²) in [7, 11) is 0. The number of carbonyl (C=O) groups is 2. The molecule has 3 unspecified atom stereocenters. The third kappa shape index (κ3) is 3.95. The number of piperidine rings is 1. The Kier molecular flexibility index (Phi) is 6.34. The zero-order chi connectivity index (χ0) is 24.6. The van der Waals surface area contributed by atoms with Crippen LogP contribution in [0.1, 0.15) is 56.1 Å². The molecule has 2 aromatic carbocycles. The quantitative estimate of drug-likeness (QED) is 0.445. The molecule has 6 rings (SSSR count). The van der Waals surface area contributed by atoms with Gasteiger partial charge in [-0.3, -0.25) is 4.79 Å². The summed E-state index contributed by atoms with van der Waals surface area (Å²) in [5.41, 5.74) is -0.441. The van der Waals surface area contributed by atoms with Gasteiger partial charge in [0.05, 0.1) is 37.7 Å². The van der Waals surface area contributed by atoms with Gasteiger partial charge in [0.15, 0.2) is 0 Å². The van der Waals surface area contributed by atoms with E-state index in [1.54, 1.807) is 0 Å². The van der Waals surface area contributed by atoms with Crippen molar-refractivity contribution in [1.82, 2.24) is 0 Å². The Labute approximate surface area is 213 Å². The van der Waals surface area contributed by atoms with Crippen molar-refractivity contribution in [2.75, 3.05) is 26.3 Å². The zero-order valence-corrected chi connectivity index (χ0v) is 20.8. The summed E-state index contributed by atoms with van der Waals surface area (Å²) < 4.78 is 19.3. The number of rotatable bonds is 6. The predicted octanol–water partition coefficient (Wildman–Crippen LogP) is 4.36. The van der Waals surface area contributed by atoms with Crippen LogP contribution in [0.4, 0.5) is 0 Å². The van der Waals surface area contributed by atoms with E-state index in [0.29, 0.717) is 42.8 Å². The van der Waals surface area contributed by atoms with Gasteiger partial charge in [0.25, 0.3) is 5.60 Å². The summed E-state index contributed by atoms with van der Waals surface area (Å²) in [6.45, 7) is 3.39. The second kappa shape index (κ2) is 9.64. The van der Waals surface area contributed by atoms with Gasteiger partial charge in [0, 0.05) is 56.3 Å². The second-order valence-electron chi connectivity index (χ2n) is 11.0. The summed E-state index contributed by atoms with van der Waals surface area (Å²) in [6, 6.07) is 19.8. The van der Waals surface area contributed by atoms with Crippen LogP contribution in [0.15, 0.2) is 60.7 Å². The third-order valence-electron chi connectivity index (χ3n) is 9.19. The number of benzene rings is 2. The van der Waals surface area contributed by atoms with E-state index < -0.39 is 17.5 Å². The van der Waals surface area contributed by atoms with Gasteiger partial charge < -0.3 is 18.7 Å². The van der Waals surface area contributed by atoms with Crippen LogP contribution in [-0.4, -0.2) is 60.9 Å². The normalized spacial score (nSPS) is 28.8. The van der Waals surface area contributed by atoms with Crippen molar-refractivity contribution in [2.45, 2.75) is 68.7 Å². The summed E-state index contributed by atoms with van der Waals surface area (Å²) in [5, 5.41) is 0. The first kappa shape index (κ1) is 23.7. The average Bonchev–Trinajstić information content (AvgIpc) is 3.66. The Morgan fingerprint density at radius 1 is 0.833 bits per heavy atom. The van der Waals surface area contributed by atoms with E-state index in [4.69, 9.17) is 14.2 Å². The lowest BCUT2D eigenvalue weighted by Crippen LogP contribution is -2.60. The Hall–Kier alpha value is -2.70. The molecule has 0 aromatic heterocycles. The Balaban J connectivity index is 1.33. The summed E-state index contributed by atoms with van der Waals surface area (Å²) >= 11 is 0. The molecule has 190 valence electrons. The van der Waals surface area contributed by atoms with Crippen molar-refractivity contribution in [3.8, 4) is 0 Å². The number of quaternary nitrogens is 1. The van der Waals surface area contributed by atoms with Crippen molar-refractivity contribution in [1.29, 1.82) is 0 Å². The molecule has 4 aliphatic heterocycles. The first-order valence-corrected chi connectivity index (χ1v) is 13.6. The largest absolute Gasteiger partial charge is 0.458 e. The highest BCUT2D eigenvalue weighted by atomic mass is 16.6. The molecule has 1 spiro atoms. The zero-order valence-electron chi connectivity index (χ0n) is 20.8. The number of hydrogen-bond acceptors (Lipinski definition) is 5. The Bertz CT molecular complexity index is 1020. The monoisotopic (exact) mass is 490 g/mol. The van der Waals surface area contributed by atoms with Crippen molar-refractivity contribution in [3.05, 3.63) is 71.8 Å². The van der Waals surface area contributed by atoms with E-state index in [0.717, 1.165) is 12.8 Å². The first-order chi connectivity index (χ1) is 17.6. The lowest BCUT2D eigenvalue weighted by Gasteiger charge is -2.47. The van der Waals surface area contributed by atoms with Crippen LogP contribution in [0.2, 0.25) is 0 Å². The molecule has 4 aliphatic rings. The maximum absolute atomic E-state index is 14.3. The van der Waals surface area contributed by atoms with Gasteiger partial charge in [-0.2, -0.15) is 0 Å². The van der Waals surface area contributed by atoms with Crippen LogP contribution in [0, 0.1) is 5.92 Å². The van der Waals surface area contributed by atoms with E-state index in [2.05, 4.69) is 0 Å². The smallest absolute Gasteiger partial charge is 0.360 e. The van der Waals surface area contributed by atoms with E-state index >= 15 is 0 Å². The summed E-state index contributed by atoms with van der Waals surface area (Å²) in [4.78, 5) is 27.7. The number of esters is 2. The van der Waals surface area contributed by atoms with Crippen LogP contribution >= 0.6 is 0 Å². The fourth-order valence-corrected chi connectivity index (χ4v) is 7.40. The minimum absolute atomic E-state index is 0.153. The number of nitrogens with zero attached hydrogens (tertiary/aromatic N) is 1. The van der Waals surface area contributed by atoms with Crippen molar-refractivity contribution < 1.29 is 28.3 Å². The molecular weight excluding hydrogens is 454 g/mol. The molecule has 0 N–H and O–H groups in total. The topological polar surface area (TPSA) is 61.8 Å². The molecule has 4 heterocycles. The highest BCUT2D eigenvalue weighted by Crippen LogP contribution is 2.47. The maximum Gasteiger partial charge on any atom is 0.360 e. The minimum Gasteiger partial charge on any atom is -0.458 e. The van der Waals surface area contributed by atoms with Crippen LogP contribution in [0.5, 0.6) is 0 Å². The highest BCUT2D eigenvalue weighted by Gasteiger charge is 2.57. The molecule has 2 aromatic rings. The van der Waals surface area contributed by atoms with Crippen LogP contribution in [0.3, 0.4) is 0 Å². The number of hydrogen-bond donors (Lipinski definition) is 0. The summed E-state index contributed by atoms with van der Waals surface area (Å²) in [5.74, 6) is -1.29. The fraction of sp³-hybridized carbons (Fsp3) is 0.533. The maximum atomic E-state index is 14.3. The molecular formula is C30H36NO5+. The van der Waals surface area contributed by atoms with Gasteiger partial charge in [-0.15, -0.1) is 0 Å². The molecule has 4 saturated heterocycles. The second-order valence-corrected chi connectivity index (χ2v) is 11.0. The van der Waals surface area contributed by atoms with E-state index in [1.165, 1.54) is 43.3 Å². The highest BCUT2D eigenvalue weighted by molar-refractivity contribution is 5.89. The summed E-state index contributed by atoms with van der Waals surface area (Å²) in [6.07, 6.45) is 7.29. The molecule has 3 atom stereocenters. The lowest BCUT2D eigenvalue weighted by atomic mass is 9.85. The van der Waals surface area contributed by atoms with Crippen molar-refractivity contribution in [3.63, 3.8) is 0 Å². The Morgan fingerprint density at radius 2 is 1.42 bits per heavy atom. The van der Waals surface area contributed by atoms with Gasteiger partial charge in [-0.05, 0) is 6.42 Å². The number of carbonyl (C=O) groups excluding carboxylic acids is 2. The van der Waals surface area contributed by atoms with Crippen LogP contribution in [-0.2, 0) is 29.4 Å². The molecule has 0 aliphatic carbocycles. The van der Waals surface area contributed by atoms with Gasteiger partial charge >= 0.3 is 11.9 Å². The minimum atomic E-state index is -1.65.